The summed E-state index contributed by atoms with van der Waals surface area (Å²) in [5, 5.41) is 6.64. The van der Waals surface area contributed by atoms with Gasteiger partial charge in [0.1, 0.15) is 0 Å². The Morgan fingerprint density at radius 3 is 2.95 bits per heavy atom. The molecule has 1 aromatic rings. The first kappa shape index (κ1) is 15.5. The fourth-order valence-corrected chi connectivity index (χ4v) is 3.55. The molecule has 2 fully saturated rings. The van der Waals surface area contributed by atoms with Crippen molar-refractivity contribution in [3.8, 4) is 0 Å². The van der Waals surface area contributed by atoms with Gasteiger partial charge in [-0.2, -0.15) is 0 Å². The van der Waals surface area contributed by atoms with Crippen molar-refractivity contribution in [1.82, 2.24) is 15.5 Å². The number of nitrogens with one attached hydrogen (secondary N) is 2. The lowest BCUT2D eigenvalue weighted by atomic mass is 9.81. The number of carbonyl (C=O) groups is 1. The van der Waals surface area contributed by atoms with Crippen LogP contribution in [0.2, 0.25) is 0 Å². The normalized spacial score (nSPS) is 29.4. The van der Waals surface area contributed by atoms with E-state index >= 15 is 0 Å². The Hall–Kier alpha value is -1.39. The molecular weight excluding hydrogens is 274 g/mol. The predicted molar refractivity (Wildman–Crippen MR) is 88.5 cm³/mol. The first-order valence-corrected chi connectivity index (χ1v) is 8.44. The first-order valence-electron chi connectivity index (χ1n) is 8.44. The molecule has 2 heterocycles. The largest absolute Gasteiger partial charge is 0.352 e. The molecule has 120 valence electrons. The molecule has 4 heteroatoms. The minimum absolute atomic E-state index is 0.228. The van der Waals surface area contributed by atoms with Crippen LogP contribution in [0.4, 0.5) is 0 Å². The number of carbonyl (C=O) groups excluding carboxylic acids is 1. The van der Waals surface area contributed by atoms with Gasteiger partial charge >= 0.3 is 0 Å². The molecular formula is C18H27N3O. The third-order valence-electron chi connectivity index (χ3n) is 5.00. The number of hydrogen-bond acceptors (Lipinski definition) is 3. The topological polar surface area (TPSA) is 44.4 Å². The van der Waals surface area contributed by atoms with E-state index in [0.29, 0.717) is 6.04 Å². The van der Waals surface area contributed by atoms with Crippen molar-refractivity contribution in [2.45, 2.75) is 38.8 Å². The van der Waals surface area contributed by atoms with Crippen LogP contribution in [-0.4, -0.2) is 43.0 Å². The minimum Gasteiger partial charge on any atom is -0.352 e. The quantitative estimate of drug-likeness (QED) is 0.891. The van der Waals surface area contributed by atoms with E-state index in [-0.39, 0.29) is 11.3 Å². The van der Waals surface area contributed by atoms with Crippen molar-refractivity contribution in [2.24, 2.45) is 5.41 Å². The van der Waals surface area contributed by atoms with Crippen molar-refractivity contribution < 1.29 is 4.79 Å². The Morgan fingerprint density at radius 1 is 1.41 bits per heavy atom. The van der Waals surface area contributed by atoms with Gasteiger partial charge in [0.15, 0.2) is 0 Å². The molecule has 0 aliphatic carbocycles. The number of hydrogen-bond donors (Lipinski definition) is 2. The Morgan fingerprint density at radius 2 is 2.23 bits per heavy atom. The van der Waals surface area contributed by atoms with E-state index in [4.69, 9.17) is 0 Å². The van der Waals surface area contributed by atoms with E-state index in [1.54, 1.807) is 0 Å². The van der Waals surface area contributed by atoms with E-state index in [9.17, 15) is 4.79 Å². The van der Waals surface area contributed by atoms with Gasteiger partial charge in [0.05, 0.1) is 5.41 Å². The molecule has 2 N–H and O–H groups in total. The highest BCUT2D eigenvalue weighted by Gasteiger charge is 2.36. The van der Waals surface area contributed by atoms with Gasteiger partial charge in [0.2, 0.25) is 5.91 Å². The maximum atomic E-state index is 12.6. The van der Waals surface area contributed by atoms with Crippen LogP contribution in [0.1, 0.15) is 31.7 Å². The zero-order valence-corrected chi connectivity index (χ0v) is 13.5. The highest BCUT2D eigenvalue weighted by Crippen LogP contribution is 2.26. The third kappa shape index (κ3) is 3.68. The fourth-order valence-electron chi connectivity index (χ4n) is 3.55. The Kier molecular flexibility index (Phi) is 4.79. The van der Waals surface area contributed by atoms with Gasteiger partial charge in [-0.05, 0) is 38.3 Å². The van der Waals surface area contributed by atoms with Gasteiger partial charge in [-0.15, -0.1) is 0 Å². The molecule has 0 bridgehead atoms. The molecule has 22 heavy (non-hydrogen) atoms. The van der Waals surface area contributed by atoms with E-state index < -0.39 is 0 Å². The summed E-state index contributed by atoms with van der Waals surface area (Å²) < 4.78 is 0. The molecule has 3 rings (SSSR count). The molecule has 2 aliphatic rings. The molecule has 2 atom stereocenters. The van der Waals surface area contributed by atoms with E-state index in [2.05, 4.69) is 52.8 Å². The van der Waals surface area contributed by atoms with Crippen molar-refractivity contribution in [3.05, 3.63) is 35.9 Å². The molecule has 1 amide bonds. The second-order valence-corrected chi connectivity index (χ2v) is 7.02. The van der Waals surface area contributed by atoms with Crippen LogP contribution in [0, 0.1) is 5.41 Å². The average molecular weight is 301 g/mol. The summed E-state index contributed by atoms with van der Waals surface area (Å²) in [7, 11) is 0. The maximum Gasteiger partial charge on any atom is 0.227 e. The Bertz CT molecular complexity index is 496. The molecule has 2 unspecified atom stereocenters. The molecule has 0 radical (unpaired) electrons. The fraction of sp³-hybridized carbons (Fsp3) is 0.611. The zero-order valence-electron chi connectivity index (χ0n) is 13.5. The van der Waals surface area contributed by atoms with E-state index in [1.165, 1.54) is 5.56 Å². The summed E-state index contributed by atoms with van der Waals surface area (Å²) in [5.41, 5.74) is 1.11. The molecule has 2 aliphatic heterocycles. The SMILES string of the molecule is CC1(C(=O)NC2CCN(Cc3ccccc3)C2)CCCNC1. The maximum absolute atomic E-state index is 12.6. The highest BCUT2D eigenvalue weighted by atomic mass is 16.2. The average Bonchev–Trinajstić information content (AvgIpc) is 2.96. The summed E-state index contributed by atoms with van der Waals surface area (Å²) in [6.07, 6.45) is 3.14. The van der Waals surface area contributed by atoms with Gasteiger partial charge in [-0.3, -0.25) is 9.69 Å². The standard InChI is InChI=1S/C18H27N3O/c1-18(9-5-10-19-14-18)17(22)20-16-8-11-21(13-16)12-15-6-3-2-4-7-15/h2-4,6-7,16,19H,5,8-14H2,1H3,(H,20,22). The van der Waals surface area contributed by atoms with Gasteiger partial charge in [0.25, 0.3) is 0 Å². The lowest BCUT2D eigenvalue weighted by molar-refractivity contribution is -0.131. The summed E-state index contributed by atoms with van der Waals surface area (Å²) in [6, 6.07) is 10.9. The summed E-state index contributed by atoms with van der Waals surface area (Å²) >= 11 is 0. The van der Waals surface area contributed by atoms with Crippen molar-refractivity contribution in [1.29, 1.82) is 0 Å². The smallest absolute Gasteiger partial charge is 0.227 e. The van der Waals surface area contributed by atoms with E-state index in [1.807, 2.05) is 0 Å². The molecule has 1 aromatic carbocycles. The number of rotatable bonds is 4. The van der Waals surface area contributed by atoms with Crippen LogP contribution in [0.3, 0.4) is 0 Å². The van der Waals surface area contributed by atoms with Gasteiger partial charge < -0.3 is 10.6 Å². The highest BCUT2D eigenvalue weighted by molar-refractivity contribution is 5.83. The lowest BCUT2D eigenvalue weighted by Gasteiger charge is -2.33. The van der Waals surface area contributed by atoms with Crippen molar-refractivity contribution in [3.63, 3.8) is 0 Å². The summed E-state index contributed by atoms with van der Waals surface area (Å²) in [6.45, 7) is 6.94. The summed E-state index contributed by atoms with van der Waals surface area (Å²) in [4.78, 5) is 15.0. The molecule has 4 nitrogen and oxygen atoms in total. The van der Waals surface area contributed by atoms with Crippen molar-refractivity contribution >= 4 is 5.91 Å². The first-order chi connectivity index (χ1) is 10.7. The van der Waals surface area contributed by atoms with E-state index in [0.717, 1.165) is 52.0 Å². The van der Waals surface area contributed by atoms with Crippen LogP contribution in [0.25, 0.3) is 0 Å². The number of amides is 1. The van der Waals surface area contributed by atoms with Gasteiger partial charge in [0, 0.05) is 32.2 Å². The van der Waals surface area contributed by atoms with Gasteiger partial charge in [-0.1, -0.05) is 30.3 Å². The van der Waals surface area contributed by atoms with Crippen LogP contribution < -0.4 is 10.6 Å². The number of likely N-dealkylation sites (tertiary alicyclic amines) is 1. The molecule has 0 saturated carbocycles. The number of benzene rings is 1. The number of nitrogens with zero attached hydrogens (tertiary/aromatic N) is 1. The minimum atomic E-state index is -0.231. The molecule has 2 saturated heterocycles. The van der Waals surface area contributed by atoms with Crippen LogP contribution in [-0.2, 0) is 11.3 Å². The predicted octanol–water partition coefficient (Wildman–Crippen LogP) is 1.77. The van der Waals surface area contributed by atoms with Gasteiger partial charge in [-0.25, -0.2) is 0 Å². The van der Waals surface area contributed by atoms with Crippen LogP contribution in [0.15, 0.2) is 30.3 Å². The molecule has 0 aromatic heterocycles. The lowest BCUT2D eigenvalue weighted by Crippen LogP contribution is -2.51. The Labute approximate surface area is 133 Å². The van der Waals surface area contributed by atoms with Crippen LogP contribution in [0.5, 0.6) is 0 Å². The monoisotopic (exact) mass is 301 g/mol. The Balaban J connectivity index is 1.49. The van der Waals surface area contributed by atoms with Crippen molar-refractivity contribution in [2.75, 3.05) is 26.2 Å². The summed E-state index contributed by atoms with van der Waals surface area (Å²) in [5.74, 6) is 0.228. The second kappa shape index (κ2) is 6.80. The molecule has 0 spiro atoms. The zero-order chi connectivity index (χ0) is 15.4. The second-order valence-electron chi connectivity index (χ2n) is 7.02. The number of piperidine rings is 1. The third-order valence-corrected chi connectivity index (χ3v) is 5.00. The van der Waals surface area contributed by atoms with Crippen LogP contribution >= 0.6 is 0 Å².